The predicted molar refractivity (Wildman–Crippen MR) is 127 cm³/mol. The lowest BCUT2D eigenvalue weighted by molar-refractivity contribution is -0.120. The summed E-state index contributed by atoms with van der Waals surface area (Å²) in [6.07, 6.45) is 1.12. The van der Waals surface area contributed by atoms with E-state index in [0.717, 1.165) is 24.1 Å². The van der Waals surface area contributed by atoms with Gasteiger partial charge in [0.2, 0.25) is 5.91 Å². The first-order chi connectivity index (χ1) is 15.0. The summed E-state index contributed by atoms with van der Waals surface area (Å²) in [6, 6.07) is 12.1. The number of carbonyl (C=O) groups excluding carboxylic acids is 1. The molecule has 0 radical (unpaired) electrons. The molecule has 32 heavy (non-hydrogen) atoms. The Hall–Kier alpha value is -2.61. The van der Waals surface area contributed by atoms with Crippen molar-refractivity contribution in [3.8, 4) is 11.5 Å². The van der Waals surface area contributed by atoms with E-state index in [-0.39, 0.29) is 29.5 Å². The molecule has 2 aromatic rings. The Morgan fingerprint density at radius 3 is 2.38 bits per heavy atom. The number of phenolic OH excluding ortho intramolecular Hbond substituents is 2. The summed E-state index contributed by atoms with van der Waals surface area (Å²) < 4.78 is 0. The number of carbonyl (C=O) groups is 1. The fourth-order valence-corrected chi connectivity index (χ4v) is 3.59. The minimum absolute atomic E-state index is 0.0239. The molecule has 0 bridgehead atoms. The molecule has 7 heteroatoms. The largest absolute Gasteiger partial charge is 0.508 e. The molecule has 1 atom stereocenters. The molecule has 176 valence electrons. The van der Waals surface area contributed by atoms with E-state index in [9.17, 15) is 20.1 Å². The Balaban J connectivity index is 1.87. The Morgan fingerprint density at radius 1 is 1.06 bits per heavy atom. The van der Waals surface area contributed by atoms with Crippen molar-refractivity contribution < 1.29 is 20.1 Å². The van der Waals surface area contributed by atoms with Crippen molar-refractivity contribution >= 4 is 5.91 Å². The first kappa shape index (κ1) is 25.6. The summed E-state index contributed by atoms with van der Waals surface area (Å²) >= 11 is 0. The summed E-state index contributed by atoms with van der Waals surface area (Å²) in [4.78, 5) is 14.3. The molecule has 1 amide bonds. The number of aromatic hydroxyl groups is 2. The smallest absolute Gasteiger partial charge is 0.224 e. The quantitative estimate of drug-likeness (QED) is 0.323. The average Bonchev–Trinajstić information content (AvgIpc) is 2.68. The third kappa shape index (κ3) is 9.26. The average molecular weight is 444 g/mol. The molecule has 0 aliphatic carbocycles. The predicted octanol–water partition coefficient (Wildman–Crippen LogP) is 2.35. The van der Waals surface area contributed by atoms with Gasteiger partial charge in [0.15, 0.2) is 0 Å². The van der Waals surface area contributed by atoms with E-state index in [1.807, 2.05) is 52.2 Å². The van der Waals surface area contributed by atoms with Crippen LogP contribution in [0.3, 0.4) is 0 Å². The molecule has 0 aliphatic heterocycles. The van der Waals surface area contributed by atoms with Crippen LogP contribution in [0.4, 0.5) is 0 Å². The second-order valence-electron chi connectivity index (χ2n) is 9.24. The number of rotatable bonds is 12. The number of nitrogens with zero attached hydrogens (tertiary/aromatic N) is 1. The van der Waals surface area contributed by atoms with Crippen LogP contribution in [0.15, 0.2) is 42.5 Å². The van der Waals surface area contributed by atoms with Gasteiger partial charge in [0.05, 0.1) is 12.5 Å². The van der Waals surface area contributed by atoms with Crippen molar-refractivity contribution in [2.75, 3.05) is 33.7 Å². The minimum Gasteiger partial charge on any atom is -0.508 e. The van der Waals surface area contributed by atoms with Crippen LogP contribution in [0.5, 0.6) is 11.5 Å². The van der Waals surface area contributed by atoms with Crippen molar-refractivity contribution in [2.45, 2.75) is 44.8 Å². The Morgan fingerprint density at radius 2 is 1.72 bits per heavy atom. The van der Waals surface area contributed by atoms with E-state index in [1.54, 1.807) is 0 Å². The van der Waals surface area contributed by atoms with Crippen LogP contribution in [-0.2, 0) is 17.6 Å². The van der Waals surface area contributed by atoms with Crippen LogP contribution in [0.2, 0.25) is 0 Å². The monoisotopic (exact) mass is 443 g/mol. The first-order valence-electron chi connectivity index (χ1n) is 11.0. The van der Waals surface area contributed by atoms with Gasteiger partial charge in [-0.25, -0.2) is 0 Å². The fraction of sp³-hybridized carbons (Fsp3) is 0.480. The molecule has 1 unspecified atom stereocenters. The standard InChI is InChI=1S/C25H37N3O4/c1-25(2,27-17-23(31)20-13-21(29)15-22(30)14-20)16-19-8-5-7-18(11-19)12-24(32)26-9-6-10-28(3)4/h5,7-8,11,13-15,23,27,29-31H,6,9-10,12,16-17H2,1-4H3,(H,26,32). The minimum atomic E-state index is -0.866. The molecule has 2 rings (SSSR count). The molecular formula is C25H37N3O4. The molecule has 0 spiro atoms. The van der Waals surface area contributed by atoms with Gasteiger partial charge in [-0.15, -0.1) is 0 Å². The Bertz CT molecular complexity index is 863. The fourth-order valence-electron chi connectivity index (χ4n) is 3.59. The normalized spacial score (nSPS) is 12.7. The maximum absolute atomic E-state index is 12.2. The van der Waals surface area contributed by atoms with Crippen LogP contribution in [0.1, 0.15) is 43.1 Å². The van der Waals surface area contributed by atoms with E-state index in [1.165, 1.54) is 18.2 Å². The maximum atomic E-state index is 12.2. The summed E-state index contributed by atoms with van der Waals surface area (Å²) in [5.41, 5.74) is 2.21. The van der Waals surface area contributed by atoms with E-state index in [0.29, 0.717) is 24.9 Å². The van der Waals surface area contributed by atoms with Crippen molar-refractivity contribution in [1.29, 1.82) is 0 Å². The number of phenols is 2. The molecule has 0 fully saturated rings. The topological polar surface area (TPSA) is 105 Å². The van der Waals surface area contributed by atoms with E-state index >= 15 is 0 Å². The molecule has 0 heterocycles. The van der Waals surface area contributed by atoms with Crippen LogP contribution in [0, 0.1) is 0 Å². The highest BCUT2D eigenvalue weighted by Crippen LogP contribution is 2.25. The van der Waals surface area contributed by atoms with Crippen LogP contribution in [-0.4, -0.2) is 65.4 Å². The number of hydrogen-bond donors (Lipinski definition) is 5. The highest BCUT2D eigenvalue weighted by molar-refractivity contribution is 5.78. The molecule has 0 aromatic heterocycles. The zero-order valence-corrected chi connectivity index (χ0v) is 19.6. The van der Waals surface area contributed by atoms with Gasteiger partial charge in [-0.2, -0.15) is 0 Å². The lowest BCUT2D eigenvalue weighted by atomic mass is 9.93. The van der Waals surface area contributed by atoms with Crippen LogP contribution >= 0.6 is 0 Å². The van der Waals surface area contributed by atoms with Gasteiger partial charge in [0, 0.05) is 24.7 Å². The number of aliphatic hydroxyl groups excluding tert-OH is 1. The van der Waals surface area contributed by atoms with Gasteiger partial charge >= 0.3 is 0 Å². The molecule has 7 nitrogen and oxygen atoms in total. The SMILES string of the molecule is CN(C)CCCNC(=O)Cc1cccc(CC(C)(C)NCC(O)c2cc(O)cc(O)c2)c1. The second kappa shape index (κ2) is 11.9. The van der Waals surface area contributed by atoms with Crippen molar-refractivity contribution in [2.24, 2.45) is 0 Å². The lowest BCUT2D eigenvalue weighted by Gasteiger charge is -2.28. The summed E-state index contributed by atoms with van der Waals surface area (Å²) in [6.45, 7) is 5.98. The van der Waals surface area contributed by atoms with Gasteiger partial charge < -0.3 is 30.9 Å². The first-order valence-corrected chi connectivity index (χ1v) is 11.0. The summed E-state index contributed by atoms with van der Waals surface area (Å²) in [5.74, 6) is -0.149. The van der Waals surface area contributed by atoms with Crippen molar-refractivity contribution in [3.63, 3.8) is 0 Å². The second-order valence-corrected chi connectivity index (χ2v) is 9.24. The van der Waals surface area contributed by atoms with E-state index in [2.05, 4.69) is 15.5 Å². The Kier molecular flexibility index (Phi) is 9.50. The Labute approximate surface area is 191 Å². The number of benzene rings is 2. The van der Waals surface area contributed by atoms with E-state index < -0.39 is 6.10 Å². The number of nitrogens with one attached hydrogen (secondary N) is 2. The zero-order valence-electron chi connectivity index (χ0n) is 19.6. The van der Waals surface area contributed by atoms with Crippen molar-refractivity contribution in [3.05, 3.63) is 59.2 Å². The molecule has 5 N–H and O–H groups in total. The summed E-state index contributed by atoms with van der Waals surface area (Å²) in [5, 5.41) is 36.0. The van der Waals surface area contributed by atoms with Crippen LogP contribution < -0.4 is 10.6 Å². The molecule has 0 saturated heterocycles. The summed E-state index contributed by atoms with van der Waals surface area (Å²) in [7, 11) is 4.03. The van der Waals surface area contributed by atoms with Gasteiger partial charge in [-0.1, -0.05) is 24.3 Å². The number of β-amino-alcohol motifs (C(OH)–C–C–N with tert-alkyl or cyclic N) is 1. The molecule has 2 aromatic carbocycles. The molecule has 0 aliphatic rings. The molecular weight excluding hydrogens is 406 g/mol. The van der Waals surface area contributed by atoms with Gasteiger partial charge in [0.25, 0.3) is 0 Å². The number of aliphatic hydroxyl groups is 1. The van der Waals surface area contributed by atoms with Crippen molar-refractivity contribution in [1.82, 2.24) is 15.5 Å². The van der Waals surface area contributed by atoms with Gasteiger partial charge in [-0.05, 0) is 76.2 Å². The highest BCUT2D eigenvalue weighted by Gasteiger charge is 2.20. The number of amides is 1. The zero-order chi connectivity index (χ0) is 23.7. The highest BCUT2D eigenvalue weighted by atomic mass is 16.3. The van der Waals surface area contributed by atoms with Gasteiger partial charge in [-0.3, -0.25) is 4.79 Å². The van der Waals surface area contributed by atoms with E-state index in [4.69, 9.17) is 0 Å². The third-order valence-corrected chi connectivity index (χ3v) is 5.19. The number of hydrogen-bond acceptors (Lipinski definition) is 6. The van der Waals surface area contributed by atoms with Gasteiger partial charge in [0.1, 0.15) is 11.5 Å². The third-order valence-electron chi connectivity index (χ3n) is 5.19. The van der Waals surface area contributed by atoms with Crippen LogP contribution in [0.25, 0.3) is 0 Å². The molecule has 0 saturated carbocycles. The maximum Gasteiger partial charge on any atom is 0.224 e. The lowest BCUT2D eigenvalue weighted by Crippen LogP contribution is -2.43.